The van der Waals surface area contributed by atoms with Crippen LogP contribution in [0.3, 0.4) is 0 Å². The van der Waals surface area contributed by atoms with Gasteiger partial charge in [-0.3, -0.25) is 9.48 Å². The summed E-state index contributed by atoms with van der Waals surface area (Å²) in [7, 11) is 3.57. The zero-order valence-corrected chi connectivity index (χ0v) is 17.7. The van der Waals surface area contributed by atoms with Crippen LogP contribution in [0.5, 0.6) is 0 Å². The van der Waals surface area contributed by atoms with E-state index >= 15 is 0 Å². The molecule has 0 spiro atoms. The Hall–Kier alpha value is -3.56. The lowest BCUT2D eigenvalue weighted by Gasteiger charge is -2.37. The van der Waals surface area contributed by atoms with Gasteiger partial charge in [-0.25, -0.2) is 13.8 Å². The third-order valence-electron chi connectivity index (χ3n) is 5.46. The van der Waals surface area contributed by atoms with Gasteiger partial charge in [0.05, 0.1) is 18.4 Å². The Morgan fingerprint density at radius 3 is 2.71 bits per heavy atom. The summed E-state index contributed by atoms with van der Waals surface area (Å²) in [4.78, 5) is 24.9. The zero-order valence-electron chi connectivity index (χ0n) is 17.7. The number of fused-ring (bicyclic) bond motifs is 1. The summed E-state index contributed by atoms with van der Waals surface area (Å²) in [5, 5.41) is 7.42. The van der Waals surface area contributed by atoms with Crippen molar-refractivity contribution in [3.05, 3.63) is 59.0 Å². The highest BCUT2D eigenvalue weighted by Crippen LogP contribution is 2.35. The highest BCUT2D eigenvalue weighted by molar-refractivity contribution is 6.04. The molecule has 2 aromatic heterocycles. The number of anilines is 3. The van der Waals surface area contributed by atoms with Crippen molar-refractivity contribution >= 4 is 23.4 Å². The molecule has 162 valence electrons. The number of hydrogen-bond acceptors (Lipinski definition) is 6. The van der Waals surface area contributed by atoms with Crippen molar-refractivity contribution in [1.82, 2.24) is 19.7 Å². The molecular formula is C21H23F2N7O. The van der Waals surface area contributed by atoms with E-state index in [9.17, 15) is 13.6 Å². The average Bonchev–Trinajstić information content (AvgIpc) is 3.18. The Kier molecular flexibility index (Phi) is 5.30. The number of rotatable bonds is 5. The number of amides is 1. The van der Waals surface area contributed by atoms with E-state index in [0.29, 0.717) is 35.3 Å². The Bertz CT molecular complexity index is 1150. The molecular weight excluding hydrogens is 404 g/mol. The molecule has 1 aliphatic rings. The smallest absolute Gasteiger partial charge is 0.249 e. The molecule has 0 aliphatic carbocycles. The van der Waals surface area contributed by atoms with Gasteiger partial charge < -0.3 is 15.1 Å². The van der Waals surface area contributed by atoms with Crippen molar-refractivity contribution in [3.8, 4) is 0 Å². The predicted molar refractivity (Wildman–Crippen MR) is 113 cm³/mol. The largest absolute Gasteiger partial charge is 0.350 e. The first-order valence-corrected chi connectivity index (χ1v) is 9.82. The van der Waals surface area contributed by atoms with Gasteiger partial charge >= 0.3 is 0 Å². The van der Waals surface area contributed by atoms with Crippen LogP contribution >= 0.6 is 0 Å². The maximum Gasteiger partial charge on any atom is 0.249 e. The second kappa shape index (κ2) is 7.93. The van der Waals surface area contributed by atoms with Crippen LogP contribution in [0.15, 0.2) is 30.6 Å². The molecule has 0 saturated heterocycles. The number of carbonyl (C=O) groups is 1. The number of nitrogens with zero attached hydrogens (tertiary/aromatic N) is 6. The Morgan fingerprint density at radius 2 is 1.97 bits per heavy atom. The zero-order chi connectivity index (χ0) is 22.3. The third-order valence-corrected chi connectivity index (χ3v) is 5.46. The Labute approximate surface area is 178 Å². The molecule has 0 saturated carbocycles. The summed E-state index contributed by atoms with van der Waals surface area (Å²) in [6.07, 6.45) is 3.45. The number of carbonyl (C=O) groups excluding carboxylic acids is 1. The summed E-state index contributed by atoms with van der Waals surface area (Å²) in [6.45, 7) is 4.29. The van der Waals surface area contributed by atoms with Gasteiger partial charge in [0.2, 0.25) is 11.9 Å². The first-order valence-electron chi connectivity index (χ1n) is 9.82. The number of likely N-dealkylation sites (N-methyl/N-ethyl adjacent to an activating group) is 2. The van der Waals surface area contributed by atoms with Crippen LogP contribution in [0.4, 0.5) is 26.2 Å². The summed E-state index contributed by atoms with van der Waals surface area (Å²) in [6, 6.07) is 3.18. The summed E-state index contributed by atoms with van der Waals surface area (Å²) < 4.78 is 28.5. The number of hydrogen-bond donors (Lipinski definition) is 1. The molecule has 8 nitrogen and oxygen atoms in total. The van der Waals surface area contributed by atoms with Crippen LogP contribution in [0.1, 0.15) is 23.7 Å². The lowest BCUT2D eigenvalue weighted by atomic mass is 10.1. The van der Waals surface area contributed by atoms with E-state index in [0.717, 1.165) is 11.6 Å². The Morgan fingerprint density at radius 1 is 1.19 bits per heavy atom. The summed E-state index contributed by atoms with van der Waals surface area (Å²) in [5.74, 6) is -0.0904. The van der Waals surface area contributed by atoms with Crippen LogP contribution in [0, 0.1) is 18.6 Å². The van der Waals surface area contributed by atoms with Crippen molar-refractivity contribution in [3.63, 3.8) is 0 Å². The minimum Gasteiger partial charge on any atom is -0.350 e. The molecule has 1 atom stereocenters. The van der Waals surface area contributed by atoms with Gasteiger partial charge in [-0.2, -0.15) is 10.1 Å². The van der Waals surface area contributed by atoms with Gasteiger partial charge in [-0.1, -0.05) is 6.07 Å². The van der Waals surface area contributed by atoms with Gasteiger partial charge in [-0.05, 0) is 19.9 Å². The lowest BCUT2D eigenvalue weighted by molar-refractivity contribution is -0.119. The van der Waals surface area contributed by atoms with Gasteiger partial charge in [0, 0.05) is 44.0 Å². The summed E-state index contributed by atoms with van der Waals surface area (Å²) in [5.41, 5.74) is 2.61. The number of nitrogens with one attached hydrogen (secondary N) is 1. The minimum absolute atomic E-state index is 0.00702. The first kappa shape index (κ1) is 20.7. The molecule has 1 amide bonds. The van der Waals surface area contributed by atoms with Crippen LogP contribution < -0.4 is 15.1 Å². The normalized spacial score (nSPS) is 15.9. The van der Waals surface area contributed by atoms with E-state index in [1.165, 1.54) is 12.1 Å². The molecule has 3 heterocycles. The maximum atomic E-state index is 13.9. The number of benzene rings is 1. The van der Waals surface area contributed by atoms with Crippen molar-refractivity contribution in [2.75, 3.05) is 29.2 Å². The number of aryl methyl sites for hydroxylation is 1. The quantitative estimate of drug-likeness (QED) is 0.675. The van der Waals surface area contributed by atoms with E-state index in [2.05, 4.69) is 20.4 Å². The topological polar surface area (TPSA) is 79.2 Å². The second-order valence-corrected chi connectivity index (χ2v) is 7.62. The average molecular weight is 427 g/mol. The van der Waals surface area contributed by atoms with Crippen LogP contribution in [-0.4, -0.2) is 45.8 Å². The van der Waals surface area contributed by atoms with Crippen LogP contribution in [0.25, 0.3) is 0 Å². The van der Waals surface area contributed by atoms with Crippen molar-refractivity contribution in [2.24, 2.45) is 0 Å². The number of halogens is 2. The van der Waals surface area contributed by atoms with Crippen molar-refractivity contribution in [1.29, 1.82) is 0 Å². The van der Waals surface area contributed by atoms with Gasteiger partial charge in [0.15, 0.2) is 5.82 Å². The van der Waals surface area contributed by atoms with E-state index in [1.807, 2.05) is 25.8 Å². The van der Waals surface area contributed by atoms with E-state index in [4.69, 9.17) is 0 Å². The molecule has 0 fully saturated rings. The van der Waals surface area contributed by atoms with Crippen molar-refractivity contribution in [2.45, 2.75) is 33.0 Å². The molecule has 1 aromatic carbocycles. The molecule has 1 N–H and O–H groups in total. The molecule has 31 heavy (non-hydrogen) atoms. The standard InChI is InChI=1S/C21H23F2N7O/c1-12-18-19(28(3)13(2)20(31)29(18)4)27-21(26-12)24-8-14-9-25-30(10-14)11-15-5-6-16(22)7-17(15)23/h5-7,9-10,13H,8,11H2,1-4H3,(H,24,26,27)/t13-/m0/s1. The van der Waals surface area contributed by atoms with Crippen LogP contribution in [-0.2, 0) is 17.9 Å². The Balaban J connectivity index is 1.48. The number of aromatic nitrogens is 4. The molecule has 4 rings (SSSR count). The molecule has 3 aromatic rings. The fourth-order valence-corrected chi connectivity index (χ4v) is 3.60. The first-order chi connectivity index (χ1) is 14.7. The molecule has 1 aliphatic heterocycles. The van der Waals surface area contributed by atoms with Gasteiger partial charge in [0.1, 0.15) is 23.4 Å². The predicted octanol–water partition coefficient (Wildman–Crippen LogP) is 2.72. The SMILES string of the molecule is Cc1nc(NCc2cnn(Cc3ccc(F)cc3F)c2)nc2c1N(C)C(=O)[C@H](C)N2C. The van der Waals surface area contributed by atoms with Crippen LogP contribution in [0.2, 0.25) is 0 Å². The van der Waals surface area contributed by atoms with Crippen molar-refractivity contribution < 1.29 is 13.6 Å². The minimum atomic E-state index is -0.609. The fourth-order valence-electron chi connectivity index (χ4n) is 3.60. The summed E-state index contributed by atoms with van der Waals surface area (Å²) >= 11 is 0. The third kappa shape index (κ3) is 3.92. The van der Waals surface area contributed by atoms with Gasteiger partial charge in [-0.15, -0.1) is 0 Å². The van der Waals surface area contributed by atoms with Gasteiger partial charge in [0.25, 0.3) is 0 Å². The molecule has 0 radical (unpaired) electrons. The molecule has 0 bridgehead atoms. The fraction of sp³-hybridized carbons (Fsp3) is 0.333. The second-order valence-electron chi connectivity index (χ2n) is 7.62. The molecule has 10 heteroatoms. The highest BCUT2D eigenvalue weighted by atomic mass is 19.1. The maximum absolute atomic E-state index is 13.9. The van der Waals surface area contributed by atoms with E-state index in [-0.39, 0.29) is 18.5 Å². The molecule has 0 unspecified atom stereocenters. The monoisotopic (exact) mass is 427 g/mol. The highest BCUT2D eigenvalue weighted by Gasteiger charge is 2.34. The van der Waals surface area contributed by atoms with E-state index < -0.39 is 11.6 Å². The van der Waals surface area contributed by atoms with E-state index in [1.54, 1.807) is 29.0 Å². The lowest BCUT2D eigenvalue weighted by Crippen LogP contribution is -2.49.